The summed E-state index contributed by atoms with van der Waals surface area (Å²) < 4.78 is 37.8. The molecule has 38 heavy (non-hydrogen) atoms. The highest BCUT2D eigenvalue weighted by Crippen LogP contribution is 2.29. The van der Waals surface area contributed by atoms with Crippen LogP contribution in [0.5, 0.6) is 0 Å². The van der Waals surface area contributed by atoms with Gasteiger partial charge in [0.05, 0.1) is 5.56 Å². The Morgan fingerprint density at radius 3 is 1.53 bits per heavy atom. The molecule has 0 fully saturated rings. The summed E-state index contributed by atoms with van der Waals surface area (Å²) in [6.07, 6.45) is 0.760. The zero-order chi connectivity index (χ0) is 27.5. The lowest BCUT2D eigenvalue weighted by Crippen LogP contribution is -2.37. The standard InChI is InChI=1S/C27H23F3N6O2/c28-27(29,30)22-14-8-19(9-15-22)11-17-24(38)34-26(32)36-35-25(31)33-23(37)16-10-18-6-12-21(13-7-18)20-4-2-1-3-5-20/h1-17H,(H3,31,33,35,37)(H3,32,34,36,38). The molecule has 3 rings (SSSR count). The first-order chi connectivity index (χ1) is 18.1. The van der Waals surface area contributed by atoms with E-state index in [0.717, 1.165) is 34.9 Å². The third-order valence-corrected chi connectivity index (χ3v) is 4.88. The van der Waals surface area contributed by atoms with Gasteiger partial charge < -0.3 is 11.5 Å². The van der Waals surface area contributed by atoms with Crippen LogP contribution in [0.15, 0.2) is 101 Å². The zero-order valence-electron chi connectivity index (χ0n) is 19.8. The van der Waals surface area contributed by atoms with Gasteiger partial charge in [-0.15, -0.1) is 10.2 Å². The molecule has 2 amide bonds. The molecule has 0 saturated heterocycles. The second kappa shape index (κ2) is 12.7. The van der Waals surface area contributed by atoms with Gasteiger partial charge in [0.2, 0.25) is 11.9 Å². The number of benzene rings is 3. The molecule has 3 aromatic carbocycles. The SMILES string of the molecule is NC(=NN=C(N)NC(=O)C=Cc1ccc(C(F)(F)F)cc1)NC(=O)C=Cc1ccc(-c2ccccc2)cc1. The summed E-state index contributed by atoms with van der Waals surface area (Å²) >= 11 is 0. The summed E-state index contributed by atoms with van der Waals surface area (Å²) in [7, 11) is 0. The first kappa shape index (κ1) is 27.4. The molecule has 0 bridgehead atoms. The van der Waals surface area contributed by atoms with E-state index in [9.17, 15) is 22.8 Å². The number of halogens is 3. The summed E-state index contributed by atoms with van der Waals surface area (Å²) in [6, 6.07) is 21.7. The number of hydrogen-bond donors (Lipinski definition) is 4. The van der Waals surface area contributed by atoms with Crippen molar-refractivity contribution < 1.29 is 22.8 Å². The maximum atomic E-state index is 12.6. The van der Waals surface area contributed by atoms with Crippen molar-refractivity contribution in [3.8, 4) is 11.1 Å². The van der Waals surface area contributed by atoms with Crippen molar-refractivity contribution >= 4 is 35.9 Å². The van der Waals surface area contributed by atoms with E-state index < -0.39 is 29.5 Å². The summed E-state index contributed by atoms with van der Waals surface area (Å²) in [4.78, 5) is 24.0. The maximum absolute atomic E-state index is 12.6. The highest BCUT2D eigenvalue weighted by molar-refractivity contribution is 6.05. The average molecular weight is 521 g/mol. The van der Waals surface area contributed by atoms with E-state index >= 15 is 0 Å². The number of rotatable bonds is 6. The number of alkyl halides is 3. The molecule has 0 aliphatic carbocycles. The van der Waals surface area contributed by atoms with Gasteiger partial charge in [0, 0.05) is 12.2 Å². The van der Waals surface area contributed by atoms with Gasteiger partial charge in [0.15, 0.2) is 0 Å². The first-order valence-electron chi connectivity index (χ1n) is 11.1. The quantitative estimate of drug-likeness (QED) is 0.170. The fraction of sp³-hybridized carbons (Fsp3) is 0.0370. The summed E-state index contributed by atoms with van der Waals surface area (Å²) in [6.45, 7) is 0. The van der Waals surface area contributed by atoms with Gasteiger partial charge >= 0.3 is 6.18 Å². The Balaban J connectivity index is 1.48. The highest BCUT2D eigenvalue weighted by atomic mass is 19.4. The van der Waals surface area contributed by atoms with Crippen LogP contribution in [0, 0.1) is 0 Å². The number of amides is 2. The molecule has 11 heteroatoms. The molecule has 8 nitrogen and oxygen atoms in total. The van der Waals surface area contributed by atoms with E-state index in [2.05, 4.69) is 20.8 Å². The van der Waals surface area contributed by atoms with Crippen molar-refractivity contribution in [2.24, 2.45) is 21.7 Å². The topological polar surface area (TPSA) is 135 Å². The molecule has 3 aromatic rings. The molecule has 0 aliphatic heterocycles. The second-order valence-electron chi connectivity index (χ2n) is 7.72. The zero-order valence-corrected chi connectivity index (χ0v) is 19.8. The predicted molar refractivity (Wildman–Crippen MR) is 141 cm³/mol. The molecule has 0 radical (unpaired) electrons. The first-order valence-corrected chi connectivity index (χ1v) is 11.1. The van der Waals surface area contributed by atoms with Crippen LogP contribution < -0.4 is 22.1 Å². The van der Waals surface area contributed by atoms with Crippen LogP contribution in [0.4, 0.5) is 13.2 Å². The van der Waals surface area contributed by atoms with Gasteiger partial charge in [-0.25, -0.2) is 0 Å². The molecule has 0 spiro atoms. The van der Waals surface area contributed by atoms with Crippen molar-refractivity contribution in [3.63, 3.8) is 0 Å². The minimum absolute atomic E-state index is 0.364. The summed E-state index contributed by atoms with van der Waals surface area (Å²) in [5.41, 5.74) is 13.6. The molecule has 194 valence electrons. The number of nitrogens with two attached hydrogens (primary N) is 2. The van der Waals surface area contributed by atoms with E-state index in [1.54, 1.807) is 6.08 Å². The van der Waals surface area contributed by atoms with Crippen molar-refractivity contribution in [1.29, 1.82) is 0 Å². The van der Waals surface area contributed by atoms with E-state index in [1.807, 2.05) is 54.6 Å². The molecule has 0 atom stereocenters. The normalized spacial score (nSPS) is 12.6. The van der Waals surface area contributed by atoms with Gasteiger partial charge in [-0.1, -0.05) is 66.7 Å². The third kappa shape index (κ3) is 8.79. The Labute approximate surface area is 216 Å². The Bertz CT molecular complexity index is 1380. The summed E-state index contributed by atoms with van der Waals surface area (Å²) in [5.74, 6) is -2.05. The molecule has 0 saturated carbocycles. The highest BCUT2D eigenvalue weighted by Gasteiger charge is 2.29. The number of carbonyl (C=O) groups excluding carboxylic acids is 2. The lowest BCUT2D eigenvalue weighted by atomic mass is 10.0. The molecule has 0 aromatic heterocycles. The molecule has 0 aliphatic rings. The van der Waals surface area contributed by atoms with Crippen LogP contribution in [0.25, 0.3) is 23.3 Å². The minimum Gasteiger partial charge on any atom is -0.368 e. The molecule has 6 N–H and O–H groups in total. The maximum Gasteiger partial charge on any atom is 0.416 e. The smallest absolute Gasteiger partial charge is 0.368 e. The Morgan fingerprint density at radius 2 is 1.08 bits per heavy atom. The third-order valence-electron chi connectivity index (χ3n) is 4.88. The van der Waals surface area contributed by atoms with Crippen molar-refractivity contribution in [1.82, 2.24) is 10.6 Å². The average Bonchev–Trinajstić information content (AvgIpc) is 2.90. The Kier molecular flexibility index (Phi) is 9.14. The molecular formula is C27H23F3N6O2. The fourth-order valence-electron chi connectivity index (χ4n) is 3.04. The second-order valence-corrected chi connectivity index (χ2v) is 7.72. The Hall–Kier alpha value is -5.19. The van der Waals surface area contributed by atoms with Crippen molar-refractivity contribution in [2.45, 2.75) is 6.18 Å². The van der Waals surface area contributed by atoms with Crippen LogP contribution in [0.1, 0.15) is 16.7 Å². The molecule has 0 heterocycles. The van der Waals surface area contributed by atoms with Gasteiger partial charge in [-0.05, 0) is 46.5 Å². The van der Waals surface area contributed by atoms with Crippen LogP contribution in [-0.2, 0) is 15.8 Å². The predicted octanol–water partition coefficient (Wildman–Crippen LogP) is 3.88. The van der Waals surface area contributed by atoms with E-state index in [4.69, 9.17) is 11.5 Å². The number of nitrogens with zero attached hydrogens (tertiary/aromatic N) is 2. The van der Waals surface area contributed by atoms with E-state index in [0.29, 0.717) is 5.56 Å². The summed E-state index contributed by atoms with van der Waals surface area (Å²) in [5, 5.41) is 11.5. The number of carbonyl (C=O) groups is 2. The van der Waals surface area contributed by atoms with Crippen LogP contribution in [0.2, 0.25) is 0 Å². The fourth-order valence-corrected chi connectivity index (χ4v) is 3.04. The van der Waals surface area contributed by atoms with Crippen LogP contribution >= 0.6 is 0 Å². The molecular weight excluding hydrogens is 497 g/mol. The number of hydrogen-bond acceptors (Lipinski definition) is 4. The number of nitrogens with one attached hydrogen (secondary N) is 2. The lowest BCUT2D eigenvalue weighted by molar-refractivity contribution is -0.137. The van der Waals surface area contributed by atoms with E-state index in [-0.39, 0.29) is 5.96 Å². The number of guanidine groups is 2. The molecule has 0 unspecified atom stereocenters. The van der Waals surface area contributed by atoms with E-state index in [1.165, 1.54) is 24.3 Å². The van der Waals surface area contributed by atoms with Crippen LogP contribution in [0.3, 0.4) is 0 Å². The van der Waals surface area contributed by atoms with Gasteiger partial charge in [-0.3, -0.25) is 20.2 Å². The largest absolute Gasteiger partial charge is 0.416 e. The van der Waals surface area contributed by atoms with Gasteiger partial charge in [-0.2, -0.15) is 13.2 Å². The lowest BCUT2D eigenvalue weighted by Gasteiger charge is -2.05. The van der Waals surface area contributed by atoms with Crippen LogP contribution in [-0.4, -0.2) is 23.7 Å². The van der Waals surface area contributed by atoms with Gasteiger partial charge in [0.1, 0.15) is 0 Å². The minimum atomic E-state index is -4.45. The monoisotopic (exact) mass is 520 g/mol. The Morgan fingerprint density at radius 1 is 0.658 bits per heavy atom. The van der Waals surface area contributed by atoms with Crippen molar-refractivity contribution in [3.05, 3.63) is 108 Å². The van der Waals surface area contributed by atoms with Crippen molar-refractivity contribution in [2.75, 3.05) is 0 Å². The van der Waals surface area contributed by atoms with Gasteiger partial charge in [0.25, 0.3) is 11.8 Å².